The van der Waals surface area contributed by atoms with Crippen molar-refractivity contribution >= 4 is 11.9 Å². The molecule has 2 aliphatic rings. The Bertz CT molecular complexity index is 742. The molecule has 0 aromatic carbocycles. The van der Waals surface area contributed by atoms with Crippen LogP contribution >= 0.6 is 0 Å². The minimum atomic E-state index is -0.264. The molecule has 26 heavy (non-hydrogen) atoms. The quantitative estimate of drug-likeness (QED) is 0.812. The van der Waals surface area contributed by atoms with Gasteiger partial charge in [-0.1, -0.05) is 6.07 Å². The summed E-state index contributed by atoms with van der Waals surface area (Å²) in [4.78, 5) is 29.9. The van der Waals surface area contributed by atoms with Crippen molar-refractivity contribution in [1.29, 1.82) is 0 Å². The van der Waals surface area contributed by atoms with Gasteiger partial charge in [-0.15, -0.1) is 0 Å². The number of rotatable bonds is 4. The molecule has 0 saturated carbocycles. The number of likely N-dealkylation sites (N-methyl/N-ethyl adjacent to an activating group) is 1. The van der Waals surface area contributed by atoms with E-state index in [0.717, 1.165) is 31.2 Å². The molecule has 8 nitrogen and oxygen atoms in total. The van der Waals surface area contributed by atoms with E-state index >= 15 is 0 Å². The molecule has 0 bridgehead atoms. The number of pyridine rings is 1. The summed E-state index contributed by atoms with van der Waals surface area (Å²) >= 11 is 0. The van der Waals surface area contributed by atoms with Crippen LogP contribution in [0.3, 0.4) is 0 Å². The number of piperidine rings is 1. The van der Waals surface area contributed by atoms with Crippen LogP contribution in [0.4, 0.5) is 5.95 Å². The highest BCUT2D eigenvalue weighted by molar-refractivity contribution is 5.82. The first-order valence-corrected chi connectivity index (χ1v) is 8.90. The smallest absolute Gasteiger partial charge is 0.241 e. The Morgan fingerprint density at radius 1 is 1.19 bits per heavy atom. The van der Waals surface area contributed by atoms with Crippen molar-refractivity contribution in [3.63, 3.8) is 0 Å². The molecule has 0 radical (unpaired) electrons. The number of nitrogens with one attached hydrogen (secondary N) is 2. The number of carbonyl (C=O) groups excluding carboxylic acids is 1. The second-order valence-corrected chi connectivity index (χ2v) is 6.84. The minimum absolute atomic E-state index is 0.0754. The van der Waals surface area contributed by atoms with E-state index < -0.39 is 0 Å². The molecule has 1 amide bonds. The number of fused-ring (bicyclic) bond motifs is 1. The van der Waals surface area contributed by atoms with Gasteiger partial charge in [0.05, 0.1) is 12.2 Å². The summed E-state index contributed by atoms with van der Waals surface area (Å²) in [6, 6.07) is 7.58. The Kier molecular flexibility index (Phi) is 4.77. The molecule has 4 rings (SSSR count). The van der Waals surface area contributed by atoms with E-state index in [4.69, 9.17) is 0 Å². The first-order valence-electron chi connectivity index (χ1n) is 8.90. The monoisotopic (exact) mass is 353 g/mol. The van der Waals surface area contributed by atoms with Gasteiger partial charge >= 0.3 is 0 Å². The predicted molar refractivity (Wildman–Crippen MR) is 96.9 cm³/mol. The van der Waals surface area contributed by atoms with Crippen LogP contribution in [0.1, 0.15) is 12.1 Å². The molecular formula is C18H23N7O. The van der Waals surface area contributed by atoms with Gasteiger partial charge in [0, 0.05) is 50.7 Å². The average molecular weight is 353 g/mol. The van der Waals surface area contributed by atoms with Crippen molar-refractivity contribution in [3.05, 3.63) is 48.5 Å². The average Bonchev–Trinajstić information content (AvgIpc) is 3.12. The summed E-state index contributed by atoms with van der Waals surface area (Å²) in [5.74, 6) is 0.976. The Hall–Kier alpha value is -2.58. The van der Waals surface area contributed by atoms with Crippen LogP contribution in [-0.4, -0.2) is 58.0 Å². The van der Waals surface area contributed by atoms with E-state index in [9.17, 15) is 4.79 Å². The van der Waals surface area contributed by atoms with Gasteiger partial charge in [0.2, 0.25) is 11.9 Å². The number of aromatic nitrogens is 3. The lowest BCUT2D eigenvalue weighted by molar-refractivity contribution is -0.133. The number of amides is 1. The molecule has 2 N–H and O–H groups in total. The highest BCUT2D eigenvalue weighted by atomic mass is 16.2. The third kappa shape index (κ3) is 3.38. The van der Waals surface area contributed by atoms with Gasteiger partial charge in [-0.2, -0.15) is 0 Å². The number of anilines is 1. The van der Waals surface area contributed by atoms with Crippen LogP contribution in [0.15, 0.2) is 42.9 Å². The zero-order valence-corrected chi connectivity index (χ0v) is 14.7. The third-order valence-corrected chi connectivity index (χ3v) is 5.11. The lowest BCUT2D eigenvalue weighted by atomic mass is 9.88. The number of hydrazine groups is 1. The van der Waals surface area contributed by atoms with E-state index in [1.54, 1.807) is 23.5 Å². The molecule has 2 aliphatic heterocycles. The highest BCUT2D eigenvalue weighted by Crippen LogP contribution is 2.27. The van der Waals surface area contributed by atoms with Crippen molar-refractivity contribution in [1.82, 2.24) is 30.7 Å². The van der Waals surface area contributed by atoms with Crippen LogP contribution in [0.25, 0.3) is 0 Å². The van der Waals surface area contributed by atoms with Gasteiger partial charge in [-0.25, -0.2) is 15.4 Å². The molecule has 3 unspecified atom stereocenters. The third-order valence-electron chi connectivity index (χ3n) is 5.11. The first kappa shape index (κ1) is 16.9. The fraction of sp³-hybridized carbons (Fsp3) is 0.444. The van der Waals surface area contributed by atoms with Crippen LogP contribution in [-0.2, 0) is 11.3 Å². The molecule has 0 aliphatic carbocycles. The number of hydrogen-bond donors (Lipinski definition) is 2. The first-order chi connectivity index (χ1) is 12.7. The maximum Gasteiger partial charge on any atom is 0.241 e. The molecule has 2 fully saturated rings. The molecule has 4 heterocycles. The molecule has 2 aromatic heterocycles. The summed E-state index contributed by atoms with van der Waals surface area (Å²) in [6.45, 7) is 2.13. The maximum atomic E-state index is 13.0. The van der Waals surface area contributed by atoms with Crippen molar-refractivity contribution in [3.8, 4) is 0 Å². The van der Waals surface area contributed by atoms with E-state index in [1.807, 2.05) is 31.3 Å². The second kappa shape index (κ2) is 7.35. The van der Waals surface area contributed by atoms with E-state index in [2.05, 4.69) is 30.7 Å². The van der Waals surface area contributed by atoms with Gasteiger partial charge < -0.3 is 9.80 Å². The van der Waals surface area contributed by atoms with Crippen molar-refractivity contribution < 1.29 is 4.79 Å². The molecule has 8 heteroatoms. The zero-order chi connectivity index (χ0) is 17.9. The Morgan fingerprint density at radius 3 is 2.77 bits per heavy atom. The van der Waals surface area contributed by atoms with Gasteiger partial charge in [0.15, 0.2) is 0 Å². The van der Waals surface area contributed by atoms with Crippen LogP contribution in [0, 0.1) is 5.92 Å². The largest absolute Gasteiger partial charge is 0.340 e. The fourth-order valence-electron chi connectivity index (χ4n) is 3.73. The van der Waals surface area contributed by atoms with Crippen LogP contribution in [0.5, 0.6) is 0 Å². The van der Waals surface area contributed by atoms with Gasteiger partial charge in [-0.3, -0.25) is 15.2 Å². The van der Waals surface area contributed by atoms with Crippen LogP contribution < -0.4 is 15.8 Å². The molecular weight excluding hydrogens is 330 g/mol. The van der Waals surface area contributed by atoms with Crippen molar-refractivity contribution in [2.24, 2.45) is 5.92 Å². The summed E-state index contributed by atoms with van der Waals surface area (Å²) in [5, 5.41) is 0. The molecule has 2 aromatic rings. The van der Waals surface area contributed by atoms with Gasteiger partial charge in [-0.05, 0) is 24.6 Å². The van der Waals surface area contributed by atoms with E-state index in [1.165, 1.54) is 0 Å². The van der Waals surface area contributed by atoms with Gasteiger partial charge in [0.1, 0.15) is 6.04 Å². The summed E-state index contributed by atoms with van der Waals surface area (Å²) in [6.07, 6.45) is 6.20. The summed E-state index contributed by atoms with van der Waals surface area (Å²) in [5.41, 5.74) is 7.39. The second-order valence-electron chi connectivity index (χ2n) is 6.84. The molecule has 2 saturated heterocycles. The highest BCUT2D eigenvalue weighted by Gasteiger charge is 2.44. The van der Waals surface area contributed by atoms with Crippen molar-refractivity contribution in [2.45, 2.75) is 25.0 Å². The Labute approximate surface area is 152 Å². The molecule has 0 spiro atoms. The topological polar surface area (TPSA) is 86.3 Å². The number of carbonyl (C=O) groups is 1. The number of hydrogen-bond acceptors (Lipinski definition) is 7. The lowest BCUT2D eigenvalue weighted by Crippen LogP contribution is -2.51. The normalized spacial score (nSPS) is 25.0. The van der Waals surface area contributed by atoms with E-state index in [0.29, 0.717) is 6.54 Å². The molecule has 136 valence electrons. The Morgan fingerprint density at radius 2 is 2.00 bits per heavy atom. The standard InChI is InChI=1S/C18H23N7O/c1-24(11-13-5-2-3-7-19-13)17(26)16-14-12-25(10-6-15(14)22-23-16)18-20-8-4-9-21-18/h2-5,7-9,14-16,22-23H,6,10-12H2,1H3. The number of nitrogens with zero attached hydrogens (tertiary/aromatic N) is 5. The van der Waals surface area contributed by atoms with Gasteiger partial charge in [0.25, 0.3) is 0 Å². The van der Waals surface area contributed by atoms with E-state index in [-0.39, 0.29) is 23.9 Å². The lowest BCUT2D eigenvalue weighted by Gasteiger charge is -2.36. The molecule has 3 atom stereocenters. The van der Waals surface area contributed by atoms with Crippen LogP contribution in [0.2, 0.25) is 0 Å². The SMILES string of the molecule is CN(Cc1ccccn1)C(=O)C1NNC2CCN(c3ncccn3)CC21. The summed E-state index contributed by atoms with van der Waals surface area (Å²) < 4.78 is 0. The summed E-state index contributed by atoms with van der Waals surface area (Å²) in [7, 11) is 1.83. The fourth-order valence-corrected chi connectivity index (χ4v) is 3.73. The zero-order valence-electron chi connectivity index (χ0n) is 14.7. The van der Waals surface area contributed by atoms with Crippen molar-refractivity contribution in [2.75, 3.05) is 25.0 Å². The minimum Gasteiger partial charge on any atom is -0.340 e. The predicted octanol–water partition coefficient (Wildman–Crippen LogP) is 0.202. The maximum absolute atomic E-state index is 13.0. The Balaban J connectivity index is 1.44.